The van der Waals surface area contributed by atoms with E-state index >= 15 is 0 Å². The van der Waals surface area contributed by atoms with Crippen LogP contribution in [0.25, 0.3) is 0 Å². The summed E-state index contributed by atoms with van der Waals surface area (Å²) in [4.78, 5) is 7.02. The molecule has 0 atom stereocenters. The Morgan fingerprint density at radius 3 is 2.55 bits per heavy atom. The number of likely N-dealkylation sites (tertiary alicyclic amines) is 1. The van der Waals surface area contributed by atoms with E-state index in [9.17, 15) is 5.11 Å². The Kier molecular flexibility index (Phi) is 6.52. The average Bonchev–Trinajstić information content (AvgIpc) is 2.54. The lowest BCUT2D eigenvalue weighted by Gasteiger charge is -2.34. The van der Waals surface area contributed by atoms with Gasteiger partial charge in [0.2, 0.25) is 0 Å². The van der Waals surface area contributed by atoms with Gasteiger partial charge in [0.05, 0.1) is 12.6 Å². The van der Waals surface area contributed by atoms with Crippen LogP contribution >= 0.6 is 0 Å². The van der Waals surface area contributed by atoms with E-state index in [0.717, 1.165) is 50.6 Å². The minimum absolute atomic E-state index is 0.289. The Balaban J connectivity index is 1.94. The first-order chi connectivity index (χ1) is 10.7. The van der Waals surface area contributed by atoms with Crippen molar-refractivity contribution < 1.29 is 9.84 Å². The van der Waals surface area contributed by atoms with Crippen LogP contribution in [0.15, 0.2) is 29.3 Å². The lowest BCUT2D eigenvalue weighted by Crippen LogP contribution is -2.47. The van der Waals surface area contributed by atoms with Gasteiger partial charge >= 0.3 is 0 Å². The molecule has 5 nitrogen and oxygen atoms in total. The summed E-state index contributed by atoms with van der Waals surface area (Å²) < 4.78 is 5.70. The molecular formula is C17H27N3O2. The SMILES string of the molecule is CCNC(=NCc1ccc(O)cc1)N1CCC(OCC)CC1. The van der Waals surface area contributed by atoms with Crippen molar-refractivity contribution in [1.82, 2.24) is 10.2 Å². The Bertz CT molecular complexity index is 465. The van der Waals surface area contributed by atoms with Crippen molar-refractivity contribution in [2.75, 3.05) is 26.2 Å². The second-order valence-electron chi connectivity index (χ2n) is 5.48. The van der Waals surface area contributed by atoms with Gasteiger partial charge in [0.15, 0.2) is 5.96 Å². The van der Waals surface area contributed by atoms with Crippen LogP contribution in [-0.2, 0) is 11.3 Å². The van der Waals surface area contributed by atoms with Gasteiger partial charge in [-0.2, -0.15) is 0 Å². The summed E-state index contributed by atoms with van der Waals surface area (Å²) in [6.45, 7) is 8.37. The van der Waals surface area contributed by atoms with Gasteiger partial charge in [-0.25, -0.2) is 4.99 Å². The highest BCUT2D eigenvalue weighted by Crippen LogP contribution is 2.15. The first-order valence-corrected chi connectivity index (χ1v) is 8.15. The molecule has 0 saturated carbocycles. The fraction of sp³-hybridized carbons (Fsp3) is 0.588. The number of nitrogens with one attached hydrogen (secondary N) is 1. The van der Waals surface area contributed by atoms with Crippen LogP contribution in [0.4, 0.5) is 0 Å². The normalized spacial score (nSPS) is 16.8. The van der Waals surface area contributed by atoms with Crippen LogP contribution in [0.2, 0.25) is 0 Å². The number of rotatable bonds is 5. The molecule has 0 bridgehead atoms. The monoisotopic (exact) mass is 305 g/mol. The largest absolute Gasteiger partial charge is 0.508 e. The van der Waals surface area contributed by atoms with E-state index in [0.29, 0.717) is 12.6 Å². The first kappa shape index (κ1) is 16.6. The van der Waals surface area contributed by atoms with Crippen LogP contribution in [0.5, 0.6) is 5.75 Å². The molecule has 122 valence electrons. The molecule has 0 aliphatic carbocycles. The molecule has 0 amide bonds. The number of aliphatic imine (C=N–C) groups is 1. The average molecular weight is 305 g/mol. The van der Waals surface area contributed by atoms with Gasteiger partial charge in [-0.05, 0) is 44.4 Å². The number of phenolic OH excluding ortho intramolecular Hbond substituents is 1. The smallest absolute Gasteiger partial charge is 0.194 e. The number of nitrogens with zero attached hydrogens (tertiary/aromatic N) is 2. The molecule has 1 aliphatic heterocycles. The molecule has 1 saturated heterocycles. The predicted octanol–water partition coefficient (Wildman–Crippen LogP) is 2.36. The summed E-state index contributed by atoms with van der Waals surface area (Å²) in [6.07, 6.45) is 2.50. The van der Waals surface area contributed by atoms with E-state index in [1.165, 1.54) is 0 Å². The molecule has 1 fully saturated rings. The van der Waals surface area contributed by atoms with Gasteiger partial charge in [0.25, 0.3) is 0 Å². The zero-order valence-electron chi connectivity index (χ0n) is 13.6. The number of guanidine groups is 1. The van der Waals surface area contributed by atoms with Crippen LogP contribution in [-0.4, -0.2) is 48.3 Å². The zero-order valence-corrected chi connectivity index (χ0v) is 13.6. The Morgan fingerprint density at radius 1 is 1.27 bits per heavy atom. The lowest BCUT2D eigenvalue weighted by atomic mass is 10.1. The second-order valence-corrected chi connectivity index (χ2v) is 5.48. The summed E-state index contributed by atoms with van der Waals surface area (Å²) in [6, 6.07) is 7.21. The summed E-state index contributed by atoms with van der Waals surface area (Å²) in [5.41, 5.74) is 1.09. The molecule has 1 heterocycles. The van der Waals surface area contributed by atoms with Gasteiger partial charge in [-0.3, -0.25) is 0 Å². The number of piperidine rings is 1. The van der Waals surface area contributed by atoms with Crippen molar-refractivity contribution in [1.29, 1.82) is 0 Å². The summed E-state index contributed by atoms with van der Waals surface area (Å²) in [7, 11) is 0. The number of ether oxygens (including phenoxy) is 1. The lowest BCUT2D eigenvalue weighted by molar-refractivity contribution is 0.0263. The van der Waals surface area contributed by atoms with Crippen LogP contribution in [0, 0.1) is 0 Å². The number of phenols is 1. The van der Waals surface area contributed by atoms with Gasteiger partial charge in [-0.1, -0.05) is 12.1 Å². The number of aromatic hydroxyl groups is 1. The van der Waals surface area contributed by atoms with Crippen molar-refractivity contribution in [2.24, 2.45) is 4.99 Å². The van der Waals surface area contributed by atoms with E-state index in [4.69, 9.17) is 9.73 Å². The molecule has 1 aromatic carbocycles. The third-order valence-electron chi connectivity index (χ3n) is 3.83. The van der Waals surface area contributed by atoms with Crippen molar-refractivity contribution in [3.8, 4) is 5.75 Å². The number of hydrogen-bond acceptors (Lipinski definition) is 3. The minimum Gasteiger partial charge on any atom is -0.508 e. The van der Waals surface area contributed by atoms with Gasteiger partial charge in [-0.15, -0.1) is 0 Å². The first-order valence-electron chi connectivity index (χ1n) is 8.15. The molecule has 5 heteroatoms. The molecule has 22 heavy (non-hydrogen) atoms. The molecule has 2 rings (SSSR count). The number of hydrogen-bond donors (Lipinski definition) is 2. The summed E-state index contributed by atoms with van der Waals surface area (Å²) in [5, 5.41) is 12.7. The van der Waals surface area contributed by atoms with Crippen LogP contribution in [0.3, 0.4) is 0 Å². The molecule has 0 spiro atoms. The topological polar surface area (TPSA) is 57.1 Å². The fourth-order valence-corrected chi connectivity index (χ4v) is 2.66. The summed E-state index contributed by atoms with van der Waals surface area (Å²) >= 11 is 0. The van der Waals surface area contributed by atoms with Crippen molar-refractivity contribution in [3.63, 3.8) is 0 Å². The van der Waals surface area contributed by atoms with Gasteiger partial charge in [0.1, 0.15) is 5.75 Å². The maximum Gasteiger partial charge on any atom is 0.194 e. The highest BCUT2D eigenvalue weighted by Gasteiger charge is 2.21. The van der Waals surface area contributed by atoms with E-state index in [-0.39, 0.29) is 5.75 Å². The van der Waals surface area contributed by atoms with Gasteiger partial charge in [0, 0.05) is 26.2 Å². The fourth-order valence-electron chi connectivity index (χ4n) is 2.66. The predicted molar refractivity (Wildman–Crippen MR) is 89.1 cm³/mol. The van der Waals surface area contributed by atoms with E-state index in [2.05, 4.69) is 24.1 Å². The van der Waals surface area contributed by atoms with Crippen molar-refractivity contribution in [2.45, 2.75) is 39.3 Å². The quantitative estimate of drug-likeness (QED) is 0.648. The highest BCUT2D eigenvalue weighted by molar-refractivity contribution is 5.80. The molecule has 0 unspecified atom stereocenters. The maximum absolute atomic E-state index is 9.32. The Morgan fingerprint density at radius 2 is 1.95 bits per heavy atom. The molecule has 1 aromatic rings. The number of benzene rings is 1. The Labute approximate surface area is 133 Å². The molecular weight excluding hydrogens is 278 g/mol. The third kappa shape index (κ3) is 4.91. The minimum atomic E-state index is 0.289. The highest BCUT2D eigenvalue weighted by atomic mass is 16.5. The maximum atomic E-state index is 9.32. The molecule has 0 aromatic heterocycles. The molecule has 0 radical (unpaired) electrons. The van der Waals surface area contributed by atoms with Crippen LogP contribution in [0.1, 0.15) is 32.3 Å². The molecule has 1 aliphatic rings. The van der Waals surface area contributed by atoms with E-state index in [1.54, 1.807) is 12.1 Å². The van der Waals surface area contributed by atoms with Crippen molar-refractivity contribution >= 4 is 5.96 Å². The van der Waals surface area contributed by atoms with E-state index in [1.807, 2.05) is 12.1 Å². The second kappa shape index (κ2) is 8.63. The molecule has 2 N–H and O–H groups in total. The van der Waals surface area contributed by atoms with Gasteiger partial charge < -0.3 is 20.1 Å². The third-order valence-corrected chi connectivity index (χ3v) is 3.83. The van der Waals surface area contributed by atoms with E-state index < -0.39 is 0 Å². The van der Waals surface area contributed by atoms with Crippen LogP contribution < -0.4 is 5.32 Å². The Hall–Kier alpha value is -1.75. The van der Waals surface area contributed by atoms with Crippen molar-refractivity contribution in [3.05, 3.63) is 29.8 Å². The summed E-state index contributed by atoms with van der Waals surface area (Å²) in [5.74, 6) is 1.25. The zero-order chi connectivity index (χ0) is 15.8. The standard InChI is InChI=1S/C17H27N3O2/c1-3-18-17(19-13-14-5-7-15(21)8-6-14)20-11-9-16(10-12-20)22-4-2/h5-8,16,21H,3-4,9-13H2,1-2H3,(H,18,19).